The van der Waals surface area contributed by atoms with E-state index < -0.39 is 0 Å². The van der Waals surface area contributed by atoms with E-state index in [1.165, 1.54) is 7.11 Å². The Bertz CT molecular complexity index is 873. The minimum absolute atomic E-state index is 0.333. The molecule has 0 aliphatic carbocycles. The zero-order chi connectivity index (χ0) is 16.4. The summed E-state index contributed by atoms with van der Waals surface area (Å²) in [6.45, 7) is 4.52. The van der Waals surface area contributed by atoms with E-state index in [1.807, 2.05) is 25.1 Å². The number of esters is 1. The largest absolute Gasteiger partial charge is 0.465 e. The highest BCUT2D eigenvalue weighted by molar-refractivity contribution is 7.17. The second-order valence-corrected chi connectivity index (χ2v) is 6.12. The Morgan fingerprint density at radius 3 is 2.91 bits per heavy atom. The van der Waals surface area contributed by atoms with Crippen LogP contribution in [0.25, 0.3) is 10.2 Å². The molecule has 3 rings (SSSR count). The zero-order valence-corrected chi connectivity index (χ0v) is 14.0. The van der Waals surface area contributed by atoms with Crippen LogP contribution in [0.4, 0.5) is 5.82 Å². The van der Waals surface area contributed by atoms with Crippen molar-refractivity contribution in [2.24, 2.45) is 0 Å². The lowest BCUT2D eigenvalue weighted by atomic mass is 10.1. The van der Waals surface area contributed by atoms with E-state index >= 15 is 0 Å². The van der Waals surface area contributed by atoms with Gasteiger partial charge in [0.2, 0.25) is 0 Å². The second-order valence-electron chi connectivity index (χ2n) is 5.26. The maximum atomic E-state index is 11.6. The number of rotatable bonds is 4. The highest BCUT2D eigenvalue weighted by atomic mass is 32.1. The van der Waals surface area contributed by atoms with Gasteiger partial charge in [-0.3, -0.25) is 0 Å². The Labute approximate surface area is 138 Å². The van der Waals surface area contributed by atoms with Gasteiger partial charge in [0.05, 0.1) is 18.1 Å². The maximum Gasteiger partial charge on any atom is 0.337 e. The fraction of sp³-hybridized carbons (Fsp3) is 0.235. The van der Waals surface area contributed by atoms with Crippen LogP contribution in [0, 0.1) is 13.8 Å². The maximum absolute atomic E-state index is 11.6. The van der Waals surface area contributed by atoms with Crippen molar-refractivity contribution in [1.82, 2.24) is 9.97 Å². The summed E-state index contributed by atoms with van der Waals surface area (Å²) in [6.07, 6.45) is 0. The van der Waals surface area contributed by atoms with Gasteiger partial charge in [0.15, 0.2) is 0 Å². The Kier molecular flexibility index (Phi) is 4.25. The number of anilines is 1. The van der Waals surface area contributed by atoms with E-state index in [4.69, 9.17) is 4.74 Å². The fourth-order valence-corrected chi connectivity index (χ4v) is 3.40. The first-order chi connectivity index (χ1) is 11.1. The summed E-state index contributed by atoms with van der Waals surface area (Å²) in [5.41, 5.74) is 2.70. The molecule has 0 atom stereocenters. The first-order valence-corrected chi connectivity index (χ1v) is 8.10. The van der Waals surface area contributed by atoms with Crippen molar-refractivity contribution in [3.63, 3.8) is 0 Å². The van der Waals surface area contributed by atoms with Gasteiger partial charge in [-0.15, -0.1) is 11.3 Å². The molecule has 0 bridgehead atoms. The Balaban J connectivity index is 1.86. The molecule has 1 aromatic carbocycles. The number of nitrogens with zero attached hydrogens (tertiary/aromatic N) is 2. The molecule has 1 N–H and O–H groups in total. The third-order valence-electron chi connectivity index (χ3n) is 3.54. The van der Waals surface area contributed by atoms with Crippen molar-refractivity contribution >= 4 is 33.3 Å². The van der Waals surface area contributed by atoms with Crippen molar-refractivity contribution in [3.8, 4) is 0 Å². The fourth-order valence-electron chi connectivity index (χ4n) is 2.43. The molecule has 2 heterocycles. The third-order valence-corrected chi connectivity index (χ3v) is 4.53. The molecule has 0 saturated heterocycles. The first-order valence-electron chi connectivity index (χ1n) is 7.22. The van der Waals surface area contributed by atoms with Gasteiger partial charge in [-0.2, -0.15) is 0 Å². The predicted molar refractivity (Wildman–Crippen MR) is 92.0 cm³/mol. The van der Waals surface area contributed by atoms with Crippen LogP contribution in [0.5, 0.6) is 0 Å². The number of methoxy groups -OCH3 is 1. The lowest BCUT2D eigenvalue weighted by molar-refractivity contribution is 0.0600. The Hall–Kier alpha value is -2.47. The molecular weight excluding hydrogens is 310 g/mol. The van der Waals surface area contributed by atoms with Gasteiger partial charge < -0.3 is 10.1 Å². The average Bonchev–Trinajstić information content (AvgIpc) is 2.93. The van der Waals surface area contributed by atoms with Gasteiger partial charge >= 0.3 is 5.97 Å². The molecule has 3 aromatic rings. The summed E-state index contributed by atoms with van der Waals surface area (Å²) < 4.78 is 4.75. The minimum Gasteiger partial charge on any atom is -0.465 e. The van der Waals surface area contributed by atoms with Crippen LogP contribution in [0.1, 0.15) is 27.3 Å². The van der Waals surface area contributed by atoms with Gasteiger partial charge in [-0.05, 0) is 42.5 Å². The molecule has 0 unspecified atom stereocenters. The summed E-state index contributed by atoms with van der Waals surface area (Å²) in [5.74, 6) is 1.24. The van der Waals surface area contributed by atoms with Crippen LogP contribution in [-0.2, 0) is 11.3 Å². The van der Waals surface area contributed by atoms with Crippen LogP contribution in [-0.4, -0.2) is 23.0 Å². The van der Waals surface area contributed by atoms with Crippen molar-refractivity contribution in [1.29, 1.82) is 0 Å². The summed E-state index contributed by atoms with van der Waals surface area (Å²) >= 11 is 1.62. The highest BCUT2D eigenvalue weighted by Crippen LogP contribution is 2.29. The summed E-state index contributed by atoms with van der Waals surface area (Å²) in [5, 5.41) is 6.50. The summed E-state index contributed by atoms with van der Waals surface area (Å²) in [7, 11) is 1.38. The van der Waals surface area contributed by atoms with Gasteiger partial charge in [0.25, 0.3) is 0 Å². The average molecular weight is 327 g/mol. The van der Waals surface area contributed by atoms with E-state index in [2.05, 4.69) is 27.6 Å². The van der Waals surface area contributed by atoms with Gasteiger partial charge in [0.1, 0.15) is 16.5 Å². The van der Waals surface area contributed by atoms with Gasteiger partial charge in [-0.25, -0.2) is 14.8 Å². The van der Waals surface area contributed by atoms with Crippen molar-refractivity contribution < 1.29 is 9.53 Å². The van der Waals surface area contributed by atoms with Crippen LogP contribution in [0.3, 0.4) is 0 Å². The molecule has 0 spiro atoms. The monoisotopic (exact) mass is 327 g/mol. The number of aryl methyl sites for hydroxylation is 2. The standard InChI is InChI=1S/C17H17N3O2S/c1-10-9-23-16-14(10)15(19-11(2)20-16)18-8-12-5-4-6-13(7-12)17(21)22-3/h4-7,9H,8H2,1-3H3,(H,18,19,20). The quantitative estimate of drug-likeness (QED) is 0.740. The lowest BCUT2D eigenvalue weighted by Gasteiger charge is -2.09. The molecule has 2 aromatic heterocycles. The van der Waals surface area contributed by atoms with Crippen LogP contribution in [0.15, 0.2) is 29.6 Å². The number of aromatic nitrogens is 2. The van der Waals surface area contributed by atoms with E-state index in [0.29, 0.717) is 12.1 Å². The van der Waals surface area contributed by atoms with E-state index in [1.54, 1.807) is 17.4 Å². The number of ether oxygens (including phenoxy) is 1. The Morgan fingerprint density at radius 2 is 2.13 bits per heavy atom. The van der Waals surface area contributed by atoms with E-state index in [-0.39, 0.29) is 5.97 Å². The van der Waals surface area contributed by atoms with Crippen LogP contribution < -0.4 is 5.32 Å². The van der Waals surface area contributed by atoms with E-state index in [0.717, 1.165) is 33.0 Å². The van der Waals surface area contributed by atoms with Crippen molar-refractivity contribution in [2.45, 2.75) is 20.4 Å². The zero-order valence-electron chi connectivity index (χ0n) is 13.2. The number of thiophene rings is 1. The molecule has 0 aliphatic rings. The first kappa shape index (κ1) is 15.4. The predicted octanol–water partition coefficient (Wildman–Crippen LogP) is 3.71. The highest BCUT2D eigenvalue weighted by Gasteiger charge is 2.11. The van der Waals surface area contributed by atoms with Gasteiger partial charge in [-0.1, -0.05) is 12.1 Å². The SMILES string of the molecule is COC(=O)c1cccc(CNc2nc(C)nc3scc(C)c23)c1. The molecular formula is C17H17N3O2S. The number of fused-ring (bicyclic) bond motifs is 1. The normalized spacial score (nSPS) is 10.7. The Morgan fingerprint density at radius 1 is 1.30 bits per heavy atom. The van der Waals surface area contributed by atoms with Crippen LogP contribution in [0.2, 0.25) is 0 Å². The number of benzene rings is 1. The lowest BCUT2D eigenvalue weighted by Crippen LogP contribution is -2.06. The number of carbonyl (C=O) groups excluding carboxylic acids is 1. The number of hydrogen-bond donors (Lipinski definition) is 1. The molecule has 23 heavy (non-hydrogen) atoms. The summed E-state index contributed by atoms with van der Waals surface area (Å²) in [4.78, 5) is 21.6. The smallest absolute Gasteiger partial charge is 0.337 e. The molecule has 0 amide bonds. The molecule has 118 valence electrons. The molecule has 0 saturated carbocycles. The molecule has 5 nitrogen and oxygen atoms in total. The third kappa shape index (κ3) is 3.17. The summed E-state index contributed by atoms with van der Waals surface area (Å²) in [6, 6.07) is 7.38. The van der Waals surface area contributed by atoms with Gasteiger partial charge in [0, 0.05) is 6.54 Å². The van der Waals surface area contributed by atoms with Crippen molar-refractivity contribution in [2.75, 3.05) is 12.4 Å². The minimum atomic E-state index is -0.333. The molecule has 6 heteroatoms. The topological polar surface area (TPSA) is 64.1 Å². The number of carbonyl (C=O) groups is 1. The molecule has 0 radical (unpaired) electrons. The number of hydrogen-bond acceptors (Lipinski definition) is 6. The number of nitrogens with one attached hydrogen (secondary N) is 1. The molecule has 0 aliphatic heterocycles. The van der Waals surface area contributed by atoms with E-state index in [9.17, 15) is 4.79 Å². The van der Waals surface area contributed by atoms with Crippen molar-refractivity contribution in [3.05, 3.63) is 52.2 Å². The van der Waals surface area contributed by atoms with Crippen LogP contribution >= 0.6 is 11.3 Å². The molecule has 0 fully saturated rings. The second kappa shape index (κ2) is 6.34.